The van der Waals surface area contributed by atoms with Crippen LogP contribution in [0.5, 0.6) is 0 Å². The molecule has 28 heavy (non-hydrogen) atoms. The van der Waals surface area contributed by atoms with Crippen LogP contribution < -0.4 is 5.32 Å². The molecule has 0 bridgehead atoms. The molecule has 0 aromatic heterocycles. The van der Waals surface area contributed by atoms with Gasteiger partial charge in [-0.15, -0.1) is 0 Å². The third-order valence-corrected chi connectivity index (χ3v) is 5.18. The zero-order valence-corrected chi connectivity index (χ0v) is 16.3. The second-order valence-corrected chi connectivity index (χ2v) is 7.12. The van der Waals surface area contributed by atoms with E-state index in [2.05, 4.69) is 17.4 Å². The fourth-order valence-corrected chi connectivity index (χ4v) is 3.61. The normalized spacial score (nSPS) is 15.7. The zero-order valence-electron chi connectivity index (χ0n) is 16.3. The molecule has 1 saturated heterocycles. The molecular formula is C23H28N2O3. The summed E-state index contributed by atoms with van der Waals surface area (Å²) in [5.41, 5.74) is 2.26. The number of esters is 1. The van der Waals surface area contributed by atoms with Gasteiger partial charge in [-0.05, 0) is 37.3 Å². The number of amides is 2. The number of likely N-dealkylation sites (tertiary alicyclic amines) is 1. The Labute approximate surface area is 166 Å². The van der Waals surface area contributed by atoms with Crippen LogP contribution in [0.3, 0.4) is 0 Å². The standard InChI is InChI=1S/C23H28N2O3/c1-2-28-22(26)20-13-15-25(16-14-20)23(27)24-21(19-11-7-4-8-12-19)17-18-9-5-3-6-10-18/h3-12,20-21H,2,13-17H2,1H3,(H,24,27). The van der Waals surface area contributed by atoms with Crippen LogP contribution in [0.2, 0.25) is 0 Å². The quantitative estimate of drug-likeness (QED) is 0.772. The van der Waals surface area contributed by atoms with Crippen LogP contribution in [0.15, 0.2) is 60.7 Å². The van der Waals surface area contributed by atoms with Gasteiger partial charge >= 0.3 is 12.0 Å². The van der Waals surface area contributed by atoms with Crippen molar-refractivity contribution in [2.24, 2.45) is 5.92 Å². The molecule has 2 aromatic carbocycles. The van der Waals surface area contributed by atoms with Gasteiger partial charge in [-0.25, -0.2) is 4.79 Å². The summed E-state index contributed by atoms with van der Waals surface area (Å²) >= 11 is 0. The fraction of sp³-hybridized carbons (Fsp3) is 0.391. The highest BCUT2D eigenvalue weighted by Crippen LogP contribution is 2.22. The number of nitrogens with zero attached hydrogens (tertiary/aromatic N) is 1. The van der Waals surface area contributed by atoms with Crippen LogP contribution >= 0.6 is 0 Å². The van der Waals surface area contributed by atoms with E-state index in [9.17, 15) is 9.59 Å². The van der Waals surface area contributed by atoms with Gasteiger partial charge in [0.25, 0.3) is 0 Å². The van der Waals surface area contributed by atoms with Gasteiger partial charge < -0.3 is 15.0 Å². The number of hydrogen-bond acceptors (Lipinski definition) is 3. The molecule has 148 valence electrons. The minimum atomic E-state index is -0.145. The maximum atomic E-state index is 12.9. The predicted molar refractivity (Wildman–Crippen MR) is 109 cm³/mol. The zero-order chi connectivity index (χ0) is 19.8. The largest absolute Gasteiger partial charge is 0.466 e. The average molecular weight is 380 g/mol. The first-order valence-electron chi connectivity index (χ1n) is 9.98. The van der Waals surface area contributed by atoms with E-state index in [1.807, 2.05) is 55.5 Å². The number of carbonyl (C=O) groups is 2. The Morgan fingerprint density at radius 3 is 2.25 bits per heavy atom. The summed E-state index contributed by atoms with van der Waals surface area (Å²) in [6.07, 6.45) is 2.04. The van der Waals surface area contributed by atoms with E-state index in [1.165, 1.54) is 5.56 Å². The average Bonchev–Trinajstić information content (AvgIpc) is 2.75. The third-order valence-electron chi connectivity index (χ3n) is 5.18. The molecular weight excluding hydrogens is 352 g/mol. The van der Waals surface area contributed by atoms with E-state index >= 15 is 0 Å². The van der Waals surface area contributed by atoms with Crippen LogP contribution in [0.1, 0.15) is 36.9 Å². The lowest BCUT2D eigenvalue weighted by Crippen LogP contribution is -2.47. The molecule has 2 aromatic rings. The van der Waals surface area contributed by atoms with Gasteiger partial charge in [0.05, 0.1) is 18.6 Å². The SMILES string of the molecule is CCOC(=O)C1CCN(C(=O)NC(Cc2ccccc2)c2ccccc2)CC1. The molecule has 1 aliphatic heterocycles. The third kappa shape index (κ3) is 5.35. The highest BCUT2D eigenvalue weighted by atomic mass is 16.5. The van der Waals surface area contributed by atoms with Gasteiger partial charge in [-0.1, -0.05) is 60.7 Å². The smallest absolute Gasteiger partial charge is 0.317 e. The Hall–Kier alpha value is -2.82. The second kappa shape index (κ2) is 9.93. The van der Waals surface area contributed by atoms with E-state index in [0.29, 0.717) is 32.5 Å². The molecule has 0 aliphatic carbocycles. The highest BCUT2D eigenvalue weighted by Gasteiger charge is 2.29. The molecule has 1 N–H and O–H groups in total. The molecule has 1 atom stereocenters. The molecule has 1 heterocycles. The lowest BCUT2D eigenvalue weighted by Gasteiger charge is -2.32. The topological polar surface area (TPSA) is 58.6 Å². The maximum Gasteiger partial charge on any atom is 0.317 e. The van der Waals surface area contributed by atoms with Crippen molar-refractivity contribution < 1.29 is 14.3 Å². The summed E-state index contributed by atoms with van der Waals surface area (Å²) in [4.78, 5) is 26.6. The summed E-state index contributed by atoms with van der Waals surface area (Å²) in [5, 5.41) is 3.19. The first kappa shape index (κ1) is 19.9. The van der Waals surface area contributed by atoms with E-state index in [1.54, 1.807) is 4.90 Å². The minimum Gasteiger partial charge on any atom is -0.466 e. The molecule has 5 heteroatoms. The minimum absolute atomic E-state index is 0.0768. The van der Waals surface area contributed by atoms with E-state index in [4.69, 9.17) is 4.74 Å². The van der Waals surface area contributed by atoms with E-state index < -0.39 is 0 Å². The van der Waals surface area contributed by atoms with E-state index in [0.717, 1.165) is 12.0 Å². The Bertz CT molecular complexity index is 756. The summed E-state index contributed by atoms with van der Waals surface area (Å²) in [6.45, 7) is 3.36. The van der Waals surface area contributed by atoms with Crippen LogP contribution in [-0.4, -0.2) is 36.6 Å². The number of ether oxygens (including phenoxy) is 1. The molecule has 0 radical (unpaired) electrons. The van der Waals surface area contributed by atoms with Crippen molar-refractivity contribution in [1.29, 1.82) is 0 Å². The van der Waals surface area contributed by atoms with Crippen molar-refractivity contribution in [3.8, 4) is 0 Å². The predicted octanol–water partition coefficient (Wildman–Crippen LogP) is 3.96. The second-order valence-electron chi connectivity index (χ2n) is 7.12. The lowest BCUT2D eigenvalue weighted by molar-refractivity contribution is -0.149. The summed E-state index contributed by atoms with van der Waals surface area (Å²) in [7, 11) is 0. The van der Waals surface area contributed by atoms with E-state index in [-0.39, 0.29) is 24.0 Å². The van der Waals surface area contributed by atoms with Crippen molar-refractivity contribution in [2.75, 3.05) is 19.7 Å². The number of rotatable bonds is 6. The Morgan fingerprint density at radius 1 is 1.04 bits per heavy atom. The Morgan fingerprint density at radius 2 is 1.64 bits per heavy atom. The first-order chi connectivity index (χ1) is 13.7. The van der Waals surface area contributed by atoms with Crippen molar-refractivity contribution in [3.05, 3.63) is 71.8 Å². The summed E-state index contributed by atoms with van der Waals surface area (Å²) in [6, 6.07) is 20.0. The van der Waals surface area contributed by atoms with Gasteiger partial charge in [0, 0.05) is 13.1 Å². The Balaban J connectivity index is 1.62. The van der Waals surface area contributed by atoms with Gasteiger partial charge in [0.2, 0.25) is 0 Å². The van der Waals surface area contributed by atoms with Crippen LogP contribution in [0.4, 0.5) is 4.79 Å². The number of benzene rings is 2. The Kier molecular flexibility index (Phi) is 7.06. The molecule has 5 nitrogen and oxygen atoms in total. The summed E-state index contributed by atoms with van der Waals surface area (Å²) < 4.78 is 5.11. The van der Waals surface area contributed by atoms with Crippen molar-refractivity contribution in [2.45, 2.75) is 32.2 Å². The molecule has 1 aliphatic rings. The first-order valence-corrected chi connectivity index (χ1v) is 9.98. The van der Waals surface area contributed by atoms with Crippen LogP contribution in [0.25, 0.3) is 0 Å². The number of hydrogen-bond donors (Lipinski definition) is 1. The van der Waals surface area contributed by atoms with Crippen molar-refractivity contribution in [3.63, 3.8) is 0 Å². The number of piperidine rings is 1. The fourth-order valence-electron chi connectivity index (χ4n) is 3.61. The summed E-state index contributed by atoms with van der Waals surface area (Å²) in [5.74, 6) is -0.243. The van der Waals surface area contributed by atoms with Crippen molar-refractivity contribution >= 4 is 12.0 Å². The number of carbonyl (C=O) groups excluding carboxylic acids is 2. The van der Waals surface area contributed by atoms with Crippen LogP contribution in [0, 0.1) is 5.92 Å². The molecule has 1 fully saturated rings. The molecule has 1 unspecified atom stereocenters. The van der Waals surface area contributed by atoms with Crippen LogP contribution in [-0.2, 0) is 16.0 Å². The van der Waals surface area contributed by atoms with Gasteiger partial charge in [-0.2, -0.15) is 0 Å². The molecule has 2 amide bonds. The monoisotopic (exact) mass is 380 g/mol. The number of urea groups is 1. The molecule has 3 rings (SSSR count). The number of nitrogens with one attached hydrogen (secondary N) is 1. The van der Waals surface area contributed by atoms with Gasteiger partial charge in [0.1, 0.15) is 0 Å². The lowest BCUT2D eigenvalue weighted by atomic mass is 9.97. The highest BCUT2D eigenvalue weighted by molar-refractivity contribution is 5.76. The van der Waals surface area contributed by atoms with Gasteiger partial charge in [0.15, 0.2) is 0 Å². The van der Waals surface area contributed by atoms with Gasteiger partial charge in [-0.3, -0.25) is 4.79 Å². The molecule has 0 saturated carbocycles. The van der Waals surface area contributed by atoms with Crippen molar-refractivity contribution in [1.82, 2.24) is 10.2 Å². The maximum absolute atomic E-state index is 12.9. The molecule has 0 spiro atoms.